The second-order valence-corrected chi connectivity index (χ2v) is 7.31. The molecule has 1 fully saturated rings. The van der Waals surface area contributed by atoms with Crippen LogP contribution in [0.3, 0.4) is 0 Å². The molecule has 1 atom stereocenters. The fourth-order valence-corrected chi connectivity index (χ4v) is 4.34. The minimum Gasteiger partial charge on any atom is -0.326 e. The Kier molecular flexibility index (Phi) is 3.87. The quantitative estimate of drug-likeness (QED) is 0.826. The number of nitrogens with one attached hydrogen (secondary N) is 1. The van der Waals surface area contributed by atoms with E-state index >= 15 is 0 Å². The zero-order valence-electron chi connectivity index (χ0n) is 9.85. The molecule has 17 heavy (non-hydrogen) atoms. The number of rotatable bonds is 6. The van der Waals surface area contributed by atoms with Gasteiger partial charge in [-0.15, -0.1) is 11.3 Å². The first kappa shape index (κ1) is 13.0. The van der Waals surface area contributed by atoms with Gasteiger partial charge in [-0.3, -0.25) is 0 Å². The molecule has 3 N–H and O–H groups in total. The fourth-order valence-electron chi connectivity index (χ4n) is 1.87. The molecule has 0 amide bonds. The highest BCUT2D eigenvalue weighted by Gasteiger charge is 2.29. The van der Waals surface area contributed by atoms with E-state index in [1.54, 1.807) is 11.4 Å². The maximum absolute atomic E-state index is 12.1. The molecule has 0 spiro atoms. The van der Waals surface area contributed by atoms with Crippen LogP contribution in [0.25, 0.3) is 0 Å². The van der Waals surface area contributed by atoms with E-state index in [0.29, 0.717) is 23.3 Å². The highest BCUT2D eigenvalue weighted by molar-refractivity contribution is 7.89. The molecule has 1 unspecified atom stereocenters. The summed E-state index contributed by atoms with van der Waals surface area (Å²) in [4.78, 5) is 1.06. The van der Waals surface area contributed by atoms with Gasteiger partial charge in [-0.2, -0.15) is 0 Å². The Balaban J connectivity index is 2.03. The summed E-state index contributed by atoms with van der Waals surface area (Å²) >= 11 is 1.39. The number of sulfonamides is 1. The van der Waals surface area contributed by atoms with Gasteiger partial charge in [-0.05, 0) is 36.1 Å². The molecular formula is C11H18N2O2S2. The van der Waals surface area contributed by atoms with E-state index in [4.69, 9.17) is 5.73 Å². The first-order valence-corrected chi connectivity index (χ1v) is 8.17. The molecule has 1 aromatic rings. The van der Waals surface area contributed by atoms with Gasteiger partial charge in [0.25, 0.3) is 0 Å². The summed E-state index contributed by atoms with van der Waals surface area (Å²) in [6.07, 6.45) is 2.46. The molecule has 1 aliphatic rings. The van der Waals surface area contributed by atoms with Crippen molar-refractivity contribution in [2.45, 2.75) is 31.2 Å². The SMILES string of the molecule is CC(CNS(=O)(=O)c1ccsc1CN)C1CC1. The van der Waals surface area contributed by atoms with Gasteiger partial charge in [-0.1, -0.05) is 6.92 Å². The molecule has 6 heteroatoms. The van der Waals surface area contributed by atoms with Crippen LogP contribution in [0.1, 0.15) is 24.6 Å². The Hall–Kier alpha value is -0.430. The van der Waals surface area contributed by atoms with Crippen LogP contribution in [0.2, 0.25) is 0 Å². The van der Waals surface area contributed by atoms with E-state index in [1.807, 2.05) is 0 Å². The Bertz CT molecular complexity index is 477. The number of hydrogen-bond donors (Lipinski definition) is 2. The number of hydrogen-bond acceptors (Lipinski definition) is 4. The van der Waals surface area contributed by atoms with E-state index < -0.39 is 10.0 Å². The molecule has 1 aromatic heterocycles. The molecule has 0 aliphatic heterocycles. The summed E-state index contributed by atoms with van der Waals surface area (Å²) in [5, 5.41) is 1.76. The predicted octanol–water partition coefficient (Wildman–Crippen LogP) is 1.53. The van der Waals surface area contributed by atoms with Crippen molar-refractivity contribution in [2.75, 3.05) is 6.54 Å². The maximum Gasteiger partial charge on any atom is 0.241 e. The first-order chi connectivity index (χ1) is 8.04. The van der Waals surface area contributed by atoms with Crippen LogP contribution >= 0.6 is 11.3 Å². The van der Waals surface area contributed by atoms with Gasteiger partial charge < -0.3 is 5.73 Å². The normalized spacial score (nSPS) is 18.2. The standard InChI is InChI=1S/C11H18N2O2S2/c1-8(9-2-3-9)7-13-17(14,15)11-4-5-16-10(11)6-12/h4-5,8-9,13H,2-3,6-7,12H2,1H3. The lowest BCUT2D eigenvalue weighted by Crippen LogP contribution is -2.29. The minimum atomic E-state index is -3.38. The highest BCUT2D eigenvalue weighted by Crippen LogP contribution is 2.36. The zero-order valence-corrected chi connectivity index (χ0v) is 11.5. The Labute approximate surface area is 106 Å². The molecule has 0 aromatic carbocycles. The second kappa shape index (κ2) is 5.06. The topological polar surface area (TPSA) is 72.2 Å². The Morgan fingerprint density at radius 2 is 2.29 bits per heavy atom. The van der Waals surface area contributed by atoms with Crippen LogP contribution in [0.4, 0.5) is 0 Å². The predicted molar refractivity (Wildman–Crippen MR) is 69.3 cm³/mol. The molecule has 1 heterocycles. The van der Waals surface area contributed by atoms with Gasteiger partial charge in [0.2, 0.25) is 10.0 Å². The molecule has 0 bridgehead atoms. The summed E-state index contributed by atoms with van der Waals surface area (Å²) in [5.41, 5.74) is 5.52. The van der Waals surface area contributed by atoms with Crippen molar-refractivity contribution in [3.05, 3.63) is 16.3 Å². The largest absolute Gasteiger partial charge is 0.326 e. The van der Waals surface area contributed by atoms with Crippen LogP contribution in [0, 0.1) is 11.8 Å². The summed E-state index contributed by atoms with van der Waals surface area (Å²) in [6.45, 7) is 2.89. The Morgan fingerprint density at radius 3 is 2.88 bits per heavy atom. The van der Waals surface area contributed by atoms with Crippen molar-refractivity contribution in [3.8, 4) is 0 Å². The van der Waals surface area contributed by atoms with Crippen molar-refractivity contribution in [1.82, 2.24) is 4.72 Å². The van der Waals surface area contributed by atoms with Crippen LogP contribution in [-0.2, 0) is 16.6 Å². The van der Waals surface area contributed by atoms with Crippen LogP contribution in [-0.4, -0.2) is 15.0 Å². The first-order valence-electron chi connectivity index (χ1n) is 5.80. The van der Waals surface area contributed by atoms with Crippen LogP contribution in [0.15, 0.2) is 16.3 Å². The van der Waals surface area contributed by atoms with Gasteiger partial charge in [0.1, 0.15) is 0 Å². The fraction of sp³-hybridized carbons (Fsp3) is 0.636. The van der Waals surface area contributed by atoms with Gasteiger partial charge in [0, 0.05) is 18.0 Å². The minimum absolute atomic E-state index is 0.270. The van der Waals surface area contributed by atoms with Gasteiger partial charge in [-0.25, -0.2) is 13.1 Å². The molecule has 1 aliphatic carbocycles. The molecule has 1 saturated carbocycles. The summed E-state index contributed by atoms with van der Waals surface area (Å²) in [6, 6.07) is 1.62. The second-order valence-electron chi connectivity index (χ2n) is 4.58. The smallest absolute Gasteiger partial charge is 0.241 e. The third kappa shape index (κ3) is 3.07. The van der Waals surface area contributed by atoms with Crippen LogP contribution in [0.5, 0.6) is 0 Å². The van der Waals surface area contributed by atoms with Crippen molar-refractivity contribution in [3.63, 3.8) is 0 Å². The average molecular weight is 274 g/mol. The zero-order chi connectivity index (χ0) is 12.5. The van der Waals surface area contributed by atoms with Crippen LogP contribution < -0.4 is 10.5 Å². The van der Waals surface area contributed by atoms with E-state index in [9.17, 15) is 8.42 Å². The Morgan fingerprint density at radius 1 is 1.59 bits per heavy atom. The van der Waals surface area contributed by atoms with E-state index in [1.165, 1.54) is 24.2 Å². The molecule has 0 saturated heterocycles. The molecule has 0 radical (unpaired) electrons. The van der Waals surface area contributed by atoms with Crippen molar-refractivity contribution in [1.29, 1.82) is 0 Å². The summed E-state index contributed by atoms with van der Waals surface area (Å²) in [5.74, 6) is 1.12. The lowest BCUT2D eigenvalue weighted by atomic mass is 10.1. The van der Waals surface area contributed by atoms with Crippen molar-refractivity contribution < 1.29 is 8.42 Å². The van der Waals surface area contributed by atoms with E-state index in [0.717, 1.165) is 4.88 Å². The molecule has 4 nitrogen and oxygen atoms in total. The molecule has 2 rings (SSSR count). The van der Waals surface area contributed by atoms with Gasteiger partial charge >= 0.3 is 0 Å². The monoisotopic (exact) mass is 274 g/mol. The van der Waals surface area contributed by atoms with Crippen molar-refractivity contribution >= 4 is 21.4 Å². The third-order valence-corrected chi connectivity index (χ3v) is 5.78. The van der Waals surface area contributed by atoms with E-state index in [-0.39, 0.29) is 6.54 Å². The highest BCUT2D eigenvalue weighted by atomic mass is 32.2. The molecule has 96 valence electrons. The molecular weight excluding hydrogens is 256 g/mol. The lowest BCUT2D eigenvalue weighted by Gasteiger charge is -2.12. The van der Waals surface area contributed by atoms with Gasteiger partial charge in [0.05, 0.1) is 4.90 Å². The number of thiophene rings is 1. The van der Waals surface area contributed by atoms with E-state index in [2.05, 4.69) is 11.6 Å². The van der Waals surface area contributed by atoms with Gasteiger partial charge in [0.15, 0.2) is 0 Å². The lowest BCUT2D eigenvalue weighted by molar-refractivity contribution is 0.491. The average Bonchev–Trinajstić information content (AvgIpc) is 3.03. The summed E-state index contributed by atoms with van der Waals surface area (Å²) < 4.78 is 26.8. The number of nitrogens with two attached hydrogens (primary N) is 1. The summed E-state index contributed by atoms with van der Waals surface area (Å²) in [7, 11) is -3.38. The third-order valence-electron chi connectivity index (χ3n) is 3.20. The maximum atomic E-state index is 12.1. The van der Waals surface area contributed by atoms with Crippen molar-refractivity contribution in [2.24, 2.45) is 17.6 Å².